The average molecular weight is 557 g/mol. The summed E-state index contributed by atoms with van der Waals surface area (Å²) in [5.74, 6) is -0.762. The van der Waals surface area contributed by atoms with Crippen molar-refractivity contribution in [3.8, 4) is 5.69 Å². The summed E-state index contributed by atoms with van der Waals surface area (Å²) in [6.45, 7) is 5.64. The van der Waals surface area contributed by atoms with Crippen LogP contribution in [0.3, 0.4) is 0 Å². The van der Waals surface area contributed by atoms with Gasteiger partial charge in [0.15, 0.2) is 11.3 Å². The first kappa shape index (κ1) is 27.8. The minimum absolute atomic E-state index is 0.250. The number of aryl methyl sites for hydroxylation is 2. The van der Waals surface area contributed by atoms with E-state index in [0.29, 0.717) is 16.1 Å². The van der Waals surface area contributed by atoms with E-state index in [9.17, 15) is 14.4 Å². The number of thioether (sulfide) groups is 1. The van der Waals surface area contributed by atoms with Crippen molar-refractivity contribution in [1.29, 1.82) is 0 Å². The molecule has 0 saturated heterocycles. The van der Waals surface area contributed by atoms with E-state index in [1.54, 1.807) is 38.1 Å². The molecule has 0 saturated carbocycles. The van der Waals surface area contributed by atoms with E-state index in [0.717, 1.165) is 59.2 Å². The smallest absolute Gasteiger partial charge is 0.341 e. The fraction of sp³-hybridized carbons (Fsp3) is 0.444. The molecule has 0 fully saturated rings. The summed E-state index contributed by atoms with van der Waals surface area (Å²) in [4.78, 5) is 40.0. The summed E-state index contributed by atoms with van der Waals surface area (Å²) in [5.41, 5.74) is 2.56. The maximum atomic E-state index is 13.2. The Balaban J connectivity index is 1.49. The lowest BCUT2D eigenvalue weighted by atomic mass is 10.1. The fourth-order valence-corrected chi connectivity index (χ4v) is 6.30. The summed E-state index contributed by atoms with van der Waals surface area (Å²) in [6.07, 6.45) is 6.00. The zero-order chi connectivity index (χ0) is 27.2. The van der Waals surface area contributed by atoms with E-state index < -0.39 is 23.9 Å². The maximum Gasteiger partial charge on any atom is 0.341 e. The minimum atomic E-state index is -1.01. The van der Waals surface area contributed by atoms with Crippen molar-refractivity contribution in [3.63, 3.8) is 0 Å². The zero-order valence-corrected chi connectivity index (χ0v) is 23.7. The van der Waals surface area contributed by atoms with Crippen molar-refractivity contribution < 1.29 is 23.9 Å². The predicted octanol–water partition coefficient (Wildman–Crippen LogP) is 5.38. The molecule has 4 rings (SSSR count). The van der Waals surface area contributed by atoms with Crippen LogP contribution >= 0.6 is 23.1 Å². The number of carbonyl (C=O) groups is 3. The highest BCUT2D eigenvalue weighted by Crippen LogP contribution is 2.38. The number of aromatic nitrogens is 3. The van der Waals surface area contributed by atoms with Crippen LogP contribution in [0.15, 0.2) is 29.4 Å². The van der Waals surface area contributed by atoms with Crippen molar-refractivity contribution >= 4 is 45.9 Å². The van der Waals surface area contributed by atoms with E-state index >= 15 is 0 Å². The van der Waals surface area contributed by atoms with Crippen molar-refractivity contribution in [1.82, 2.24) is 14.8 Å². The van der Waals surface area contributed by atoms with Gasteiger partial charge in [-0.1, -0.05) is 25.1 Å². The molecule has 2 aromatic heterocycles. The van der Waals surface area contributed by atoms with Gasteiger partial charge in [-0.3, -0.25) is 9.36 Å². The first-order valence-corrected chi connectivity index (χ1v) is 14.8. The SMILES string of the molecule is CCOC(=O)c1c(NC(=O)C(CC)OC(=O)c2ccc(-n3c(C)nnc3SC)cc2)sc2c1CCCCC2. The van der Waals surface area contributed by atoms with Gasteiger partial charge >= 0.3 is 11.9 Å². The van der Waals surface area contributed by atoms with Crippen LogP contribution in [0.25, 0.3) is 5.69 Å². The Hall–Kier alpha value is -3.18. The van der Waals surface area contributed by atoms with Crippen molar-refractivity contribution in [2.24, 2.45) is 0 Å². The Morgan fingerprint density at radius 3 is 2.50 bits per heavy atom. The second kappa shape index (κ2) is 12.6. The standard InChI is InChI=1S/C27H32N4O5S2/c1-5-20(36-25(33)17-12-14-18(15-13-17)31-16(3)29-30-27(31)37-4)23(32)28-24-22(26(34)35-6-2)19-10-8-7-9-11-21(19)38-24/h12-15,20H,5-11H2,1-4H3,(H,28,32). The van der Waals surface area contributed by atoms with Crippen molar-refractivity contribution in [2.45, 2.75) is 70.6 Å². The van der Waals surface area contributed by atoms with Crippen LogP contribution in [0.1, 0.15) is 76.5 Å². The molecule has 3 aromatic rings. The molecule has 11 heteroatoms. The monoisotopic (exact) mass is 556 g/mol. The molecule has 0 aliphatic heterocycles. The third-order valence-electron chi connectivity index (χ3n) is 6.39. The van der Waals surface area contributed by atoms with Gasteiger partial charge in [-0.25, -0.2) is 9.59 Å². The van der Waals surface area contributed by atoms with Crippen LogP contribution in [0.5, 0.6) is 0 Å². The number of rotatable bonds is 9. The summed E-state index contributed by atoms with van der Waals surface area (Å²) >= 11 is 2.89. The zero-order valence-electron chi connectivity index (χ0n) is 22.0. The largest absolute Gasteiger partial charge is 0.462 e. The van der Waals surface area contributed by atoms with Crippen LogP contribution in [-0.4, -0.2) is 51.6 Å². The molecule has 202 valence electrons. The van der Waals surface area contributed by atoms with Gasteiger partial charge in [0.1, 0.15) is 10.8 Å². The van der Waals surface area contributed by atoms with Crippen LogP contribution in [-0.2, 0) is 27.1 Å². The number of amides is 1. The second-order valence-corrected chi connectivity index (χ2v) is 10.8. The molecule has 0 spiro atoms. The van der Waals surface area contributed by atoms with E-state index in [1.165, 1.54) is 23.1 Å². The first-order valence-electron chi connectivity index (χ1n) is 12.8. The Kier molecular flexibility index (Phi) is 9.22. The summed E-state index contributed by atoms with van der Waals surface area (Å²) < 4.78 is 12.8. The number of hydrogen-bond donors (Lipinski definition) is 1. The van der Waals surface area contributed by atoms with Crippen LogP contribution in [0.4, 0.5) is 5.00 Å². The molecule has 0 bridgehead atoms. The molecular weight excluding hydrogens is 524 g/mol. The summed E-state index contributed by atoms with van der Waals surface area (Å²) in [7, 11) is 0. The number of carbonyl (C=O) groups excluding carboxylic acids is 3. The number of thiophene rings is 1. The third kappa shape index (κ3) is 5.94. The van der Waals surface area contributed by atoms with Gasteiger partial charge in [-0.2, -0.15) is 0 Å². The van der Waals surface area contributed by atoms with Crippen LogP contribution < -0.4 is 5.32 Å². The number of esters is 2. The van der Waals surface area contributed by atoms with Crippen molar-refractivity contribution in [3.05, 3.63) is 51.7 Å². The van der Waals surface area contributed by atoms with Crippen LogP contribution in [0.2, 0.25) is 0 Å². The molecule has 1 atom stereocenters. The van der Waals surface area contributed by atoms with Gasteiger partial charge in [0.25, 0.3) is 5.91 Å². The molecule has 1 unspecified atom stereocenters. The molecule has 1 aromatic carbocycles. The minimum Gasteiger partial charge on any atom is -0.462 e. The van der Waals surface area contributed by atoms with Gasteiger partial charge in [-0.15, -0.1) is 21.5 Å². The Morgan fingerprint density at radius 1 is 1.08 bits per heavy atom. The van der Waals surface area contributed by atoms with E-state index in [1.807, 2.05) is 17.7 Å². The topological polar surface area (TPSA) is 112 Å². The summed E-state index contributed by atoms with van der Waals surface area (Å²) in [5, 5.41) is 12.3. The lowest BCUT2D eigenvalue weighted by Gasteiger charge is -2.16. The number of nitrogens with one attached hydrogen (secondary N) is 1. The van der Waals surface area contributed by atoms with E-state index in [4.69, 9.17) is 9.47 Å². The molecule has 1 amide bonds. The molecule has 38 heavy (non-hydrogen) atoms. The number of ether oxygens (including phenoxy) is 2. The summed E-state index contributed by atoms with van der Waals surface area (Å²) in [6, 6.07) is 6.89. The van der Waals surface area contributed by atoms with Gasteiger partial charge in [0.2, 0.25) is 0 Å². The number of fused-ring (bicyclic) bond motifs is 1. The van der Waals surface area contributed by atoms with Gasteiger partial charge < -0.3 is 14.8 Å². The first-order chi connectivity index (χ1) is 18.4. The van der Waals surface area contributed by atoms with E-state index in [-0.39, 0.29) is 13.0 Å². The van der Waals surface area contributed by atoms with Crippen molar-refractivity contribution in [2.75, 3.05) is 18.2 Å². The Labute approximate surface area is 230 Å². The third-order valence-corrected chi connectivity index (χ3v) is 8.23. The highest BCUT2D eigenvalue weighted by atomic mass is 32.2. The molecular formula is C27H32N4O5S2. The Morgan fingerprint density at radius 2 is 1.82 bits per heavy atom. The average Bonchev–Trinajstić information content (AvgIpc) is 3.37. The molecule has 1 aliphatic carbocycles. The van der Waals surface area contributed by atoms with Gasteiger partial charge in [-0.05, 0) is 82.0 Å². The van der Waals surface area contributed by atoms with Gasteiger partial charge in [0.05, 0.1) is 17.7 Å². The number of benzene rings is 1. The van der Waals surface area contributed by atoms with Gasteiger partial charge in [0, 0.05) is 10.6 Å². The lowest BCUT2D eigenvalue weighted by molar-refractivity contribution is -0.124. The highest BCUT2D eigenvalue weighted by molar-refractivity contribution is 7.98. The fourth-order valence-electron chi connectivity index (χ4n) is 4.48. The Bertz CT molecular complexity index is 1320. The predicted molar refractivity (Wildman–Crippen MR) is 148 cm³/mol. The normalized spacial score (nSPS) is 13.8. The van der Waals surface area contributed by atoms with Crippen LogP contribution in [0, 0.1) is 6.92 Å². The van der Waals surface area contributed by atoms with E-state index in [2.05, 4.69) is 15.5 Å². The lowest BCUT2D eigenvalue weighted by Crippen LogP contribution is -2.32. The number of hydrogen-bond acceptors (Lipinski definition) is 9. The second-order valence-electron chi connectivity index (χ2n) is 8.90. The highest BCUT2D eigenvalue weighted by Gasteiger charge is 2.29. The number of anilines is 1. The maximum absolute atomic E-state index is 13.2. The quantitative estimate of drug-likeness (QED) is 0.212. The molecule has 1 N–H and O–H groups in total. The molecule has 9 nitrogen and oxygen atoms in total. The molecule has 1 aliphatic rings. The number of nitrogens with zero attached hydrogens (tertiary/aromatic N) is 3. The molecule has 2 heterocycles. The molecule has 0 radical (unpaired) electrons.